The predicted octanol–water partition coefficient (Wildman–Crippen LogP) is 3.31. The van der Waals surface area contributed by atoms with Crippen LogP contribution in [-0.4, -0.2) is 29.6 Å². The summed E-state index contributed by atoms with van der Waals surface area (Å²) in [5, 5.41) is 0. The molecule has 4 aromatic rings. The van der Waals surface area contributed by atoms with Crippen molar-refractivity contribution in [1.29, 1.82) is 0 Å². The Morgan fingerprint density at radius 1 is 0.923 bits per heavy atom. The third-order valence-electron chi connectivity index (χ3n) is 4.51. The Bertz CT molecular complexity index is 972. The lowest BCUT2D eigenvalue weighted by Crippen LogP contribution is -2.30. The third-order valence-corrected chi connectivity index (χ3v) is 4.51. The lowest BCUT2D eigenvalue weighted by Gasteiger charge is -2.22. The number of hydrogen-bond donors (Lipinski definition) is 0. The Balaban J connectivity index is 1.65. The minimum Gasteiger partial charge on any atom is -0.331 e. The van der Waals surface area contributed by atoms with Crippen LogP contribution in [0.15, 0.2) is 61.2 Å². The van der Waals surface area contributed by atoms with Gasteiger partial charge in [-0.3, -0.25) is 4.79 Å². The summed E-state index contributed by atoms with van der Waals surface area (Å²) < 4.78 is 4.06. The van der Waals surface area contributed by atoms with Gasteiger partial charge in [0, 0.05) is 18.8 Å². The smallest absolute Gasteiger partial charge is 0.223 e. The molecule has 0 aromatic carbocycles. The average molecular weight is 347 g/mol. The van der Waals surface area contributed by atoms with Crippen molar-refractivity contribution in [3.63, 3.8) is 0 Å². The van der Waals surface area contributed by atoms with Gasteiger partial charge in [-0.25, -0.2) is 9.97 Å². The topological polar surface area (TPSA) is 54.9 Å². The van der Waals surface area contributed by atoms with E-state index in [0.29, 0.717) is 19.5 Å². The summed E-state index contributed by atoms with van der Waals surface area (Å²) in [7, 11) is 0. The molecule has 26 heavy (non-hydrogen) atoms. The molecular weight excluding hydrogens is 326 g/mol. The van der Waals surface area contributed by atoms with E-state index in [1.54, 1.807) is 0 Å². The van der Waals surface area contributed by atoms with Crippen molar-refractivity contribution in [1.82, 2.24) is 23.7 Å². The molecule has 132 valence electrons. The van der Waals surface area contributed by atoms with Crippen LogP contribution in [0.2, 0.25) is 0 Å². The summed E-state index contributed by atoms with van der Waals surface area (Å²) in [6.07, 6.45) is 9.01. The highest BCUT2D eigenvalue weighted by molar-refractivity contribution is 5.76. The molecule has 0 N–H and O–H groups in total. The number of hydrogen-bond acceptors (Lipinski definition) is 3. The number of carbonyl (C=O) groups is 1. The molecule has 4 rings (SSSR count). The molecule has 0 aliphatic rings. The van der Waals surface area contributed by atoms with Gasteiger partial charge in [0.25, 0.3) is 0 Å². The maximum absolute atomic E-state index is 12.7. The van der Waals surface area contributed by atoms with E-state index in [2.05, 4.69) is 9.97 Å². The summed E-state index contributed by atoms with van der Waals surface area (Å²) in [4.78, 5) is 23.5. The zero-order valence-electron chi connectivity index (χ0n) is 14.7. The number of amides is 1. The number of rotatable bonds is 6. The van der Waals surface area contributed by atoms with Gasteiger partial charge >= 0.3 is 0 Å². The van der Waals surface area contributed by atoms with Crippen LogP contribution in [0.5, 0.6) is 0 Å². The van der Waals surface area contributed by atoms with Crippen molar-refractivity contribution in [2.75, 3.05) is 0 Å². The van der Waals surface area contributed by atoms with Gasteiger partial charge in [-0.2, -0.15) is 0 Å². The highest BCUT2D eigenvalue weighted by Gasteiger charge is 2.17. The van der Waals surface area contributed by atoms with E-state index in [-0.39, 0.29) is 5.91 Å². The Morgan fingerprint density at radius 3 is 1.96 bits per heavy atom. The summed E-state index contributed by atoms with van der Waals surface area (Å²) in [6.45, 7) is 3.06. The van der Waals surface area contributed by atoms with Crippen molar-refractivity contribution < 1.29 is 4.79 Å². The maximum atomic E-state index is 12.7. The van der Waals surface area contributed by atoms with E-state index in [4.69, 9.17) is 0 Å². The summed E-state index contributed by atoms with van der Waals surface area (Å²) >= 11 is 0. The van der Waals surface area contributed by atoms with Crippen LogP contribution in [-0.2, 0) is 17.9 Å². The fourth-order valence-corrected chi connectivity index (χ4v) is 3.20. The van der Waals surface area contributed by atoms with E-state index in [9.17, 15) is 4.79 Å². The van der Waals surface area contributed by atoms with Crippen LogP contribution >= 0.6 is 0 Å². The summed E-state index contributed by atoms with van der Waals surface area (Å²) in [5.41, 5.74) is 3.78. The van der Waals surface area contributed by atoms with Crippen LogP contribution in [0, 0.1) is 0 Å². The van der Waals surface area contributed by atoms with Gasteiger partial charge in [0.05, 0.1) is 36.9 Å². The molecule has 6 heteroatoms. The van der Waals surface area contributed by atoms with Crippen LogP contribution in [0.1, 0.15) is 31.2 Å². The number of aromatic nitrogens is 4. The summed E-state index contributed by atoms with van der Waals surface area (Å²) in [5.74, 6) is 0.143. The molecule has 0 atom stereocenters. The predicted molar refractivity (Wildman–Crippen MR) is 99.5 cm³/mol. The summed E-state index contributed by atoms with van der Waals surface area (Å²) in [6, 6.07) is 11.8. The van der Waals surface area contributed by atoms with Gasteiger partial charge in [0.2, 0.25) is 5.91 Å². The molecule has 6 nitrogen and oxygen atoms in total. The standard InChI is InChI=1S/C20H21N5O/c1-2-7-20(26)23(14-16-12-21-18-8-3-5-10-24(16)18)15-17-13-22-19-9-4-6-11-25(17)19/h3-6,8-13H,2,7,14-15H2,1H3. The molecule has 0 unspecified atom stereocenters. The first-order chi connectivity index (χ1) is 12.8. The fraction of sp³-hybridized carbons (Fsp3) is 0.250. The van der Waals surface area contributed by atoms with Crippen molar-refractivity contribution in [2.24, 2.45) is 0 Å². The average Bonchev–Trinajstić information content (AvgIpc) is 3.26. The Hall–Kier alpha value is -3.15. The molecule has 1 amide bonds. The van der Waals surface area contributed by atoms with Gasteiger partial charge in [0.15, 0.2) is 0 Å². The molecule has 0 saturated carbocycles. The van der Waals surface area contributed by atoms with Gasteiger partial charge in [-0.1, -0.05) is 19.1 Å². The van der Waals surface area contributed by atoms with E-state index in [1.165, 1.54) is 0 Å². The molecular formula is C20H21N5O. The molecule has 0 fully saturated rings. The van der Waals surface area contributed by atoms with Gasteiger partial charge in [-0.15, -0.1) is 0 Å². The number of fused-ring (bicyclic) bond motifs is 2. The molecule has 0 radical (unpaired) electrons. The van der Waals surface area contributed by atoms with Crippen molar-refractivity contribution in [3.05, 3.63) is 72.6 Å². The Kier molecular flexibility index (Phi) is 4.39. The zero-order chi connectivity index (χ0) is 17.9. The minimum absolute atomic E-state index is 0.143. The van der Waals surface area contributed by atoms with Crippen LogP contribution < -0.4 is 0 Å². The van der Waals surface area contributed by atoms with E-state index >= 15 is 0 Å². The van der Waals surface area contributed by atoms with Gasteiger partial charge in [-0.05, 0) is 30.7 Å². The lowest BCUT2D eigenvalue weighted by atomic mass is 10.2. The zero-order valence-corrected chi connectivity index (χ0v) is 14.7. The number of nitrogens with zero attached hydrogens (tertiary/aromatic N) is 5. The van der Waals surface area contributed by atoms with E-state index in [0.717, 1.165) is 29.1 Å². The highest BCUT2D eigenvalue weighted by atomic mass is 16.2. The second kappa shape index (κ2) is 7.00. The van der Waals surface area contributed by atoms with E-state index in [1.807, 2.05) is 81.8 Å². The molecule has 0 aliphatic heterocycles. The number of imidazole rings is 2. The van der Waals surface area contributed by atoms with Crippen LogP contribution in [0.4, 0.5) is 0 Å². The Labute approximate surface area is 151 Å². The molecule has 0 bridgehead atoms. The van der Waals surface area contributed by atoms with Crippen molar-refractivity contribution in [3.8, 4) is 0 Å². The quantitative estimate of drug-likeness (QED) is 0.538. The second-order valence-corrected chi connectivity index (χ2v) is 6.36. The molecule has 4 heterocycles. The number of carbonyl (C=O) groups excluding carboxylic acids is 1. The first-order valence-electron chi connectivity index (χ1n) is 8.86. The maximum Gasteiger partial charge on any atom is 0.223 e. The normalized spacial score (nSPS) is 11.3. The lowest BCUT2D eigenvalue weighted by molar-refractivity contribution is -0.132. The van der Waals surface area contributed by atoms with E-state index < -0.39 is 0 Å². The minimum atomic E-state index is 0.143. The van der Waals surface area contributed by atoms with Crippen molar-refractivity contribution >= 4 is 17.2 Å². The highest BCUT2D eigenvalue weighted by Crippen LogP contribution is 2.15. The number of pyridine rings is 2. The third kappa shape index (κ3) is 3.06. The molecule has 0 saturated heterocycles. The van der Waals surface area contributed by atoms with Crippen LogP contribution in [0.25, 0.3) is 11.3 Å². The van der Waals surface area contributed by atoms with Crippen molar-refractivity contribution in [2.45, 2.75) is 32.9 Å². The first kappa shape index (κ1) is 16.3. The van der Waals surface area contributed by atoms with Gasteiger partial charge in [0.1, 0.15) is 11.3 Å². The first-order valence-corrected chi connectivity index (χ1v) is 8.86. The molecule has 0 spiro atoms. The Morgan fingerprint density at radius 2 is 1.46 bits per heavy atom. The monoisotopic (exact) mass is 347 g/mol. The molecule has 0 aliphatic carbocycles. The van der Waals surface area contributed by atoms with Gasteiger partial charge < -0.3 is 13.7 Å². The SMILES string of the molecule is CCCC(=O)N(Cc1cnc2ccccn12)Cc1cnc2ccccn12. The largest absolute Gasteiger partial charge is 0.331 e. The molecule has 4 aromatic heterocycles. The van der Waals surface area contributed by atoms with Crippen LogP contribution in [0.3, 0.4) is 0 Å². The second-order valence-electron chi connectivity index (χ2n) is 6.36. The fourth-order valence-electron chi connectivity index (χ4n) is 3.20.